The molecule has 0 aliphatic heterocycles. The Morgan fingerprint density at radius 2 is 1.78 bits per heavy atom. The van der Waals surface area contributed by atoms with Crippen molar-refractivity contribution < 1.29 is 18.3 Å². The Morgan fingerprint density at radius 3 is 2.22 bits per heavy atom. The highest BCUT2D eigenvalue weighted by Crippen LogP contribution is 2.33. The Morgan fingerprint density at radius 1 is 1.22 bits per heavy atom. The van der Waals surface area contributed by atoms with Crippen LogP contribution in [0.2, 0.25) is 0 Å². The molecule has 0 amide bonds. The molecule has 1 heterocycles. The van der Waals surface area contributed by atoms with Crippen LogP contribution in [0.4, 0.5) is 5.69 Å². The molecule has 5 nitrogen and oxygen atoms in total. The third-order valence-electron chi connectivity index (χ3n) is 3.16. The summed E-state index contributed by atoms with van der Waals surface area (Å²) >= 11 is 3.97. The van der Waals surface area contributed by atoms with Gasteiger partial charge in [0.25, 0.3) is 10.0 Å². The number of halogens is 1. The Kier molecular flexibility index (Phi) is 4.89. The van der Waals surface area contributed by atoms with E-state index in [1.807, 2.05) is 12.1 Å². The van der Waals surface area contributed by atoms with Gasteiger partial charge in [-0.2, -0.15) is 0 Å². The zero-order valence-corrected chi connectivity index (χ0v) is 16.0. The van der Waals surface area contributed by atoms with Crippen molar-refractivity contribution in [1.29, 1.82) is 0 Å². The van der Waals surface area contributed by atoms with Crippen LogP contribution in [0.1, 0.15) is 36.0 Å². The van der Waals surface area contributed by atoms with Crippen LogP contribution in [-0.4, -0.2) is 19.5 Å². The number of carboxylic acids is 1. The number of sulfonamides is 1. The van der Waals surface area contributed by atoms with Crippen molar-refractivity contribution in [2.24, 2.45) is 0 Å². The molecule has 23 heavy (non-hydrogen) atoms. The number of hydrogen-bond acceptors (Lipinski definition) is 4. The molecule has 0 saturated carbocycles. The predicted molar refractivity (Wildman–Crippen MR) is 94.9 cm³/mol. The van der Waals surface area contributed by atoms with Crippen molar-refractivity contribution >= 4 is 48.9 Å². The quantitative estimate of drug-likeness (QED) is 0.775. The van der Waals surface area contributed by atoms with E-state index in [0.717, 1.165) is 23.0 Å². The molecule has 0 spiro atoms. The van der Waals surface area contributed by atoms with Gasteiger partial charge in [-0.3, -0.25) is 4.72 Å². The van der Waals surface area contributed by atoms with Crippen molar-refractivity contribution in [3.63, 3.8) is 0 Å². The van der Waals surface area contributed by atoms with E-state index in [0.29, 0.717) is 5.69 Å². The fraction of sp³-hybridized carbons (Fsp3) is 0.267. The van der Waals surface area contributed by atoms with Gasteiger partial charge in [0.2, 0.25) is 0 Å². The summed E-state index contributed by atoms with van der Waals surface area (Å²) in [6.45, 7) is 6.21. The molecule has 0 radical (unpaired) electrons. The van der Waals surface area contributed by atoms with E-state index >= 15 is 0 Å². The van der Waals surface area contributed by atoms with Crippen LogP contribution < -0.4 is 4.72 Å². The molecule has 0 unspecified atom stereocenters. The van der Waals surface area contributed by atoms with E-state index < -0.39 is 16.0 Å². The molecule has 0 bridgehead atoms. The summed E-state index contributed by atoms with van der Waals surface area (Å²) in [5.41, 5.74) is 1.49. The van der Waals surface area contributed by atoms with Crippen LogP contribution in [-0.2, 0) is 15.4 Å². The number of aromatic carboxylic acids is 1. The molecule has 0 aliphatic rings. The first-order chi connectivity index (χ1) is 10.5. The van der Waals surface area contributed by atoms with Crippen LogP contribution in [0.3, 0.4) is 0 Å². The number of hydrogen-bond donors (Lipinski definition) is 2. The molecule has 8 heteroatoms. The largest absolute Gasteiger partial charge is 0.477 e. The number of nitrogens with one attached hydrogen (secondary N) is 1. The average Bonchev–Trinajstić information content (AvgIpc) is 2.81. The molecule has 0 saturated heterocycles. The summed E-state index contributed by atoms with van der Waals surface area (Å²) in [5.74, 6) is -1.16. The van der Waals surface area contributed by atoms with Crippen molar-refractivity contribution in [2.75, 3.05) is 4.72 Å². The maximum absolute atomic E-state index is 12.4. The first-order valence-electron chi connectivity index (χ1n) is 6.67. The molecular formula is C15H16BrNO4S2. The highest BCUT2D eigenvalue weighted by molar-refractivity contribution is 9.11. The van der Waals surface area contributed by atoms with Gasteiger partial charge in [-0.25, -0.2) is 13.2 Å². The number of anilines is 1. The van der Waals surface area contributed by atoms with Crippen molar-refractivity contribution in [3.05, 3.63) is 44.6 Å². The van der Waals surface area contributed by atoms with Crippen LogP contribution >= 0.6 is 27.3 Å². The number of carbonyl (C=O) groups is 1. The lowest BCUT2D eigenvalue weighted by Crippen LogP contribution is -2.14. The summed E-state index contributed by atoms with van der Waals surface area (Å²) in [6.07, 6.45) is 0. The Balaban J connectivity index is 2.30. The monoisotopic (exact) mass is 417 g/mol. The zero-order chi connectivity index (χ0) is 17.4. The fourth-order valence-electron chi connectivity index (χ4n) is 1.89. The minimum Gasteiger partial charge on any atom is -0.477 e. The fourth-order valence-corrected chi connectivity index (χ4v) is 5.35. The van der Waals surface area contributed by atoms with Gasteiger partial charge < -0.3 is 5.11 Å². The van der Waals surface area contributed by atoms with Gasteiger partial charge in [0.1, 0.15) is 9.77 Å². The van der Waals surface area contributed by atoms with Crippen LogP contribution in [0.15, 0.2) is 39.0 Å². The van der Waals surface area contributed by atoms with Crippen LogP contribution in [0.5, 0.6) is 0 Å². The lowest BCUT2D eigenvalue weighted by molar-refractivity contribution is 0.0702. The SMILES string of the molecule is CC(C)(C)c1ccc(NS(=O)(=O)c2cc(C(=O)O)sc2Br)cc1. The lowest BCUT2D eigenvalue weighted by Gasteiger charge is -2.19. The van der Waals surface area contributed by atoms with Crippen molar-refractivity contribution in [3.8, 4) is 0 Å². The highest BCUT2D eigenvalue weighted by Gasteiger charge is 2.23. The summed E-state index contributed by atoms with van der Waals surface area (Å²) in [5, 5.41) is 8.96. The van der Waals surface area contributed by atoms with Crippen LogP contribution in [0.25, 0.3) is 0 Å². The van der Waals surface area contributed by atoms with Gasteiger partial charge >= 0.3 is 5.97 Å². The predicted octanol–water partition coefficient (Wildman–Crippen LogP) is 4.31. The molecule has 124 valence electrons. The second-order valence-electron chi connectivity index (χ2n) is 5.99. The van der Waals surface area contributed by atoms with E-state index in [4.69, 9.17) is 5.11 Å². The summed E-state index contributed by atoms with van der Waals surface area (Å²) in [7, 11) is -3.85. The third-order valence-corrected chi connectivity index (χ3v) is 6.78. The molecule has 0 fully saturated rings. The molecule has 2 N–H and O–H groups in total. The first-order valence-corrected chi connectivity index (χ1v) is 9.76. The minimum absolute atomic E-state index is 0.0236. The van der Waals surface area contributed by atoms with Gasteiger partial charge in [-0.1, -0.05) is 32.9 Å². The summed E-state index contributed by atoms with van der Waals surface area (Å²) < 4.78 is 27.5. The number of carboxylic acid groups (broad SMARTS) is 1. The second kappa shape index (κ2) is 6.26. The Hall–Kier alpha value is -1.38. The first kappa shape index (κ1) is 18.0. The van der Waals surface area contributed by atoms with Gasteiger partial charge in [0.05, 0.1) is 3.79 Å². The Labute approximate surface area is 147 Å². The van der Waals surface area contributed by atoms with E-state index in [-0.39, 0.29) is 19.0 Å². The van der Waals surface area contributed by atoms with Crippen molar-refractivity contribution in [1.82, 2.24) is 0 Å². The zero-order valence-electron chi connectivity index (χ0n) is 12.8. The molecular weight excluding hydrogens is 402 g/mol. The lowest BCUT2D eigenvalue weighted by atomic mass is 9.87. The Bertz CT molecular complexity index is 833. The smallest absolute Gasteiger partial charge is 0.345 e. The van der Waals surface area contributed by atoms with E-state index in [1.165, 1.54) is 0 Å². The molecule has 0 atom stereocenters. The maximum Gasteiger partial charge on any atom is 0.345 e. The minimum atomic E-state index is -3.85. The molecule has 2 aromatic rings. The molecule has 2 rings (SSSR count). The van der Waals surface area contributed by atoms with Gasteiger partial charge in [-0.05, 0) is 45.1 Å². The summed E-state index contributed by atoms with van der Waals surface area (Å²) in [4.78, 5) is 10.8. The second-order valence-corrected chi connectivity index (χ2v) is 10.0. The van der Waals surface area contributed by atoms with Gasteiger partial charge in [0.15, 0.2) is 0 Å². The number of rotatable bonds is 4. The topological polar surface area (TPSA) is 83.5 Å². The van der Waals surface area contributed by atoms with E-state index in [9.17, 15) is 13.2 Å². The highest BCUT2D eigenvalue weighted by atomic mass is 79.9. The maximum atomic E-state index is 12.4. The summed E-state index contributed by atoms with van der Waals surface area (Å²) in [6, 6.07) is 8.25. The van der Waals surface area contributed by atoms with E-state index in [2.05, 4.69) is 41.4 Å². The molecule has 0 aliphatic carbocycles. The standard InChI is InChI=1S/C15H16BrNO4S2/c1-15(2,3)9-4-6-10(7-5-9)17-23(20,21)12-8-11(14(18)19)22-13(12)16/h4-8,17H,1-3H3,(H,18,19). The van der Waals surface area contributed by atoms with Crippen molar-refractivity contribution in [2.45, 2.75) is 31.1 Å². The van der Waals surface area contributed by atoms with Gasteiger partial charge in [0, 0.05) is 5.69 Å². The van der Waals surface area contributed by atoms with Gasteiger partial charge in [-0.15, -0.1) is 11.3 Å². The number of thiophene rings is 1. The molecule has 1 aromatic heterocycles. The number of benzene rings is 1. The van der Waals surface area contributed by atoms with E-state index in [1.54, 1.807) is 12.1 Å². The third kappa shape index (κ3) is 4.13. The molecule has 1 aromatic carbocycles. The normalized spacial score (nSPS) is 12.2. The average molecular weight is 418 g/mol. The van der Waals surface area contributed by atoms with Crippen LogP contribution in [0, 0.1) is 0 Å².